The van der Waals surface area contributed by atoms with Crippen LogP contribution < -0.4 is 10.9 Å². The molecule has 1 aromatic heterocycles. The van der Waals surface area contributed by atoms with Crippen molar-refractivity contribution in [2.45, 2.75) is 39.2 Å². The van der Waals surface area contributed by atoms with Gasteiger partial charge in [-0.05, 0) is 31.3 Å². The summed E-state index contributed by atoms with van der Waals surface area (Å²) in [5, 5.41) is 7.57. The van der Waals surface area contributed by atoms with E-state index in [0.29, 0.717) is 12.2 Å². The standard InChI is InChI=1S/C13H22ClN3OS/c1-3-4-8-17-13(18)12(14)11(10-16-17)15-7-5-6-9-19-2/h10,15H,3-9H2,1-2H3. The molecule has 0 radical (unpaired) electrons. The zero-order chi connectivity index (χ0) is 14.1. The van der Waals surface area contributed by atoms with Crippen molar-refractivity contribution in [2.24, 2.45) is 0 Å². The van der Waals surface area contributed by atoms with Crippen LogP contribution in [0, 0.1) is 0 Å². The van der Waals surface area contributed by atoms with E-state index in [0.717, 1.165) is 38.0 Å². The van der Waals surface area contributed by atoms with Gasteiger partial charge in [-0.15, -0.1) is 0 Å². The minimum absolute atomic E-state index is 0.204. The second kappa shape index (κ2) is 9.26. The fourth-order valence-corrected chi connectivity index (χ4v) is 2.36. The second-order valence-electron chi connectivity index (χ2n) is 4.38. The highest BCUT2D eigenvalue weighted by Gasteiger charge is 2.08. The summed E-state index contributed by atoms with van der Waals surface area (Å²) in [7, 11) is 0. The minimum atomic E-state index is -0.204. The first-order valence-corrected chi connectivity index (χ1v) is 8.46. The molecule has 1 rings (SSSR count). The first kappa shape index (κ1) is 16.4. The summed E-state index contributed by atoms with van der Waals surface area (Å²) in [5.74, 6) is 1.16. The Balaban J connectivity index is 2.56. The smallest absolute Gasteiger partial charge is 0.287 e. The third-order valence-electron chi connectivity index (χ3n) is 2.80. The number of unbranched alkanes of at least 4 members (excludes halogenated alkanes) is 2. The predicted octanol–water partition coefficient (Wildman–Crippen LogP) is 3.25. The monoisotopic (exact) mass is 303 g/mol. The van der Waals surface area contributed by atoms with Gasteiger partial charge >= 0.3 is 0 Å². The van der Waals surface area contributed by atoms with Crippen molar-refractivity contribution >= 4 is 29.1 Å². The molecule has 0 saturated heterocycles. The Morgan fingerprint density at radius 1 is 1.42 bits per heavy atom. The Morgan fingerprint density at radius 2 is 2.21 bits per heavy atom. The van der Waals surface area contributed by atoms with E-state index < -0.39 is 0 Å². The van der Waals surface area contributed by atoms with Crippen LogP contribution in [0.3, 0.4) is 0 Å². The molecule has 1 heterocycles. The second-order valence-corrected chi connectivity index (χ2v) is 5.74. The van der Waals surface area contributed by atoms with Crippen LogP contribution in [0.15, 0.2) is 11.0 Å². The highest BCUT2D eigenvalue weighted by molar-refractivity contribution is 7.98. The third kappa shape index (κ3) is 5.45. The SMILES string of the molecule is CCCCn1ncc(NCCCCSC)c(Cl)c1=O. The summed E-state index contributed by atoms with van der Waals surface area (Å²) in [5.41, 5.74) is 0.438. The van der Waals surface area contributed by atoms with Crippen LogP contribution in [0.25, 0.3) is 0 Å². The van der Waals surface area contributed by atoms with Gasteiger partial charge in [-0.25, -0.2) is 4.68 Å². The maximum Gasteiger partial charge on any atom is 0.287 e. The molecule has 0 atom stereocenters. The van der Waals surface area contributed by atoms with Gasteiger partial charge in [-0.3, -0.25) is 4.79 Å². The Hall–Kier alpha value is -0.680. The van der Waals surface area contributed by atoms with Crippen LogP contribution in [-0.2, 0) is 6.54 Å². The van der Waals surface area contributed by atoms with E-state index in [2.05, 4.69) is 23.6 Å². The van der Waals surface area contributed by atoms with Crippen LogP contribution >= 0.6 is 23.4 Å². The molecule has 0 unspecified atom stereocenters. The number of nitrogens with one attached hydrogen (secondary N) is 1. The van der Waals surface area contributed by atoms with Gasteiger partial charge < -0.3 is 5.32 Å². The summed E-state index contributed by atoms with van der Waals surface area (Å²) < 4.78 is 1.44. The molecular formula is C13H22ClN3OS. The predicted molar refractivity (Wildman–Crippen MR) is 84.5 cm³/mol. The van der Waals surface area contributed by atoms with Crippen molar-refractivity contribution < 1.29 is 0 Å². The first-order chi connectivity index (χ1) is 9.20. The van der Waals surface area contributed by atoms with Crippen LogP contribution in [0.2, 0.25) is 5.02 Å². The lowest BCUT2D eigenvalue weighted by Crippen LogP contribution is -2.24. The van der Waals surface area contributed by atoms with Crippen molar-refractivity contribution in [3.63, 3.8) is 0 Å². The summed E-state index contributed by atoms with van der Waals surface area (Å²) in [4.78, 5) is 12.0. The first-order valence-electron chi connectivity index (χ1n) is 6.69. The van der Waals surface area contributed by atoms with Crippen molar-refractivity contribution in [1.29, 1.82) is 0 Å². The quantitative estimate of drug-likeness (QED) is 0.711. The van der Waals surface area contributed by atoms with Gasteiger partial charge in [0, 0.05) is 13.1 Å². The van der Waals surface area contributed by atoms with Gasteiger partial charge in [0.2, 0.25) is 0 Å². The minimum Gasteiger partial charge on any atom is -0.382 e. The van der Waals surface area contributed by atoms with E-state index in [9.17, 15) is 4.79 Å². The summed E-state index contributed by atoms with van der Waals surface area (Å²) in [6.45, 7) is 3.53. The average molecular weight is 304 g/mol. The number of aryl methyl sites for hydroxylation is 1. The molecule has 0 aromatic carbocycles. The topological polar surface area (TPSA) is 46.9 Å². The highest BCUT2D eigenvalue weighted by atomic mass is 35.5. The molecule has 1 aromatic rings. The molecule has 4 nitrogen and oxygen atoms in total. The average Bonchev–Trinajstić information content (AvgIpc) is 2.42. The van der Waals surface area contributed by atoms with E-state index in [1.807, 2.05) is 11.8 Å². The number of hydrogen-bond donors (Lipinski definition) is 1. The highest BCUT2D eigenvalue weighted by Crippen LogP contribution is 2.15. The van der Waals surface area contributed by atoms with E-state index in [1.54, 1.807) is 6.20 Å². The molecule has 0 bridgehead atoms. The molecule has 0 aliphatic rings. The number of nitrogens with zero attached hydrogens (tertiary/aromatic N) is 2. The maximum absolute atomic E-state index is 12.0. The molecule has 0 fully saturated rings. The van der Waals surface area contributed by atoms with E-state index in [4.69, 9.17) is 11.6 Å². The van der Waals surface area contributed by atoms with Gasteiger partial charge in [0.25, 0.3) is 5.56 Å². The number of aromatic nitrogens is 2. The molecule has 108 valence electrons. The normalized spacial score (nSPS) is 10.7. The van der Waals surface area contributed by atoms with Crippen LogP contribution in [0.4, 0.5) is 5.69 Å². The lowest BCUT2D eigenvalue weighted by Gasteiger charge is -2.09. The molecule has 0 aliphatic carbocycles. The molecule has 6 heteroatoms. The van der Waals surface area contributed by atoms with Crippen molar-refractivity contribution in [1.82, 2.24) is 9.78 Å². The Labute approximate surface area is 123 Å². The van der Waals surface area contributed by atoms with Crippen LogP contribution in [0.1, 0.15) is 32.6 Å². The van der Waals surface area contributed by atoms with E-state index >= 15 is 0 Å². The molecule has 19 heavy (non-hydrogen) atoms. The van der Waals surface area contributed by atoms with Gasteiger partial charge in [-0.1, -0.05) is 24.9 Å². The Bertz CT molecular complexity index is 436. The molecular weight excluding hydrogens is 282 g/mol. The van der Waals surface area contributed by atoms with E-state index in [-0.39, 0.29) is 10.6 Å². The summed E-state index contributed by atoms with van der Waals surface area (Å²) in [6, 6.07) is 0. The van der Waals surface area contributed by atoms with Gasteiger partial charge in [0.1, 0.15) is 5.02 Å². The lowest BCUT2D eigenvalue weighted by molar-refractivity contribution is 0.543. The number of thioether (sulfide) groups is 1. The molecule has 1 N–H and O–H groups in total. The van der Waals surface area contributed by atoms with Gasteiger partial charge in [0.15, 0.2) is 0 Å². The zero-order valence-electron chi connectivity index (χ0n) is 11.6. The van der Waals surface area contributed by atoms with Gasteiger partial charge in [0.05, 0.1) is 11.9 Å². The summed E-state index contributed by atoms with van der Waals surface area (Å²) >= 11 is 7.92. The molecule has 0 spiro atoms. The fraction of sp³-hybridized carbons (Fsp3) is 0.692. The zero-order valence-corrected chi connectivity index (χ0v) is 13.2. The fourth-order valence-electron chi connectivity index (χ4n) is 1.65. The lowest BCUT2D eigenvalue weighted by atomic mass is 10.3. The third-order valence-corrected chi connectivity index (χ3v) is 3.86. The Kier molecular flexibility index (Phi) is 7.98. The van der Waals surface area contributed by atoms with E-state index in [1.165, 1.54) is 4.68 Å². The van der Waals surface area contributed by atoms with Crippen molar-refractivity contribution in [2.75, 3.05) is 23.9 Å². The largest absolute Gasteiger partial charge is 0.382 e. The Morgan fingerprint density at radius 3 is 2.89 bits per heavy atom. The molecule has 0 saturated carbocycles. The molecule has 0 amide bonds. The summed E-state index contributed by atoms with van der Waals surface area (Å²) in [6.07, 6.45) is 7.94. The van der Waals surface area contributed by atoms with Crippen LogP contribution in [-0.4, -0.2) is 28.3 Å². The van der Waals surface area contributed by atoms with Crippen molar-refractivity contribution in [3.05, 3.63) is 21.6 Å². The van der Waals surface area contributed by atoms with Crippen molar-refractivity contribution in [3.8, 4) is 0 Å². The number of rotatable bonds is 9. The number of anilines is 1. The number of hydrogen-bond acceptors (Lipinski definition) is 4. The van der Waals surface area contributed by atoms with Crippen LogP contribution in [0.5, 0.6) is 0 Å². The van der Waals surface area contributed by atoms with Gasteiger partial charge in [-0.2, -0.15) is 16.9 Å². The number of halogens is 1. The maximum atomic E-state index is 12.0. The molecule has 0 aliphatic heterocycles.